The number of pyridine rings is 1. The van der Waals surface area contributed by atoms with Gasteiger partial charge in [0.2, 0.25) is 0 Å². The molecule has 1 amide bonds. The van der Waals surface area contributed by atoms with Crippen molar-refractivity contribution >= 4 is 22.5 Å². The predicted octanol–water partition coefficient (Wildman–Crippen LogP) is 3.10. The van der Waals surface area contributed by atoms with Crippen LogP contribution in [-0.2, 0) is 7.05 Å². The van der Waals surface area contributed by atoms with Gasteiger partial charge in [0.1, 0.15) is 5.69 Å². The topological polar surface area (TPSA) is 59.8 Å². The number of para-hydroxylation sites is 1. The highest BCUT2D eigenvalue weighted by atomic mass is 16.2. The summed E-state index contributed by atoms with van der Waals surface area (Å²) in [6, 6.07) is 11.5. The van der Waals surface area contributed by atoms with Crippen LogP contribution in [0.15, 0.2) is 42.6 Å². The highest BCUT2D eigenvalue weighted by Crippen LogP contribution is 2.39. The Balaban J connectivity index is 1.66. The van der Waals surface area contributed by atoms with Gasteiger partial charge in [-0.25, -0.2) is 0 Å². The van der Waals surface area contributed by atoms with Gasteiger partial charge in [0, 0.05) is 24.5 Å². The molecule has 1 N–H and O–H groups in total. The first-order valence-corrected chi connectivity index (χ1v) is 7.41. The molecule has 0 spiro atoms. The van der Waals surface area contributed by atoms with Crippen molar-refractivity contribution in [2.24, 2.45) is 7.05 Å². The van der Waals surface area contributed by atoms with Crippen LogP contribution < -0.4 is 5.32 Å². The smallest absolute Gasteiger partial charge is 0.273 e. The molecule has 0 radical (unpaired) electrons. The molecular weight excluding hydrogens is 276 g/mol. The van der Waals surface area contributed by atoms with Gasteiger partial charge in [0.25, 0.3) is 5.91 Å². The zero-order valence-corrected chi connectivity index (χ0v) is 12.3. The average Bonchev–Trinajstić information content (AvgIpc) is 3.30. The molecule has 1 aromatic carbocycles. The van der Waals surface area contributed by atoms with E-state index in [1.807, 2.05) is 43.4 Å². The molecule has 1 fully saturated rings. The maximum atomic E-state index is 12.5. The van der Waals surface area contributed by atoms with Crippen LogP contribution in [0, 0.1) is 0 Å². The van der Waals surface area contributed by atoms with Gasteiger partial charge in [-0.3, -0.25) is 14.5 Å². The lowest BCUT2D eigenvalue weighted by Crippen LogP contribution is -2.16. The lowest BCUT2D eigenvalue weighted by molar-refractivity contribution is 0.101. The quantitative estimate of drug-likeness (QED) is 0.807. The first kappa shape index (κ1) is 13.0. The highest BCUT2D eigenvalue weighted by molar-refractivity contribution is 6.07. The summed E-state index contributed by atoms with van der Waals surface area (Å²) in [6.07, 6.45) is 4.07. The van der Waals surface area contributed by atoms with E-state index in [1.165, 1.54) is 12.8 Å². The van der Waals surface area contributed by atoms with E-state index in [0.717, 1.165) is 22.3 Å². The van der Waals surface area contributed by atoms with Gasteiger partial charge in [-0.1, -0.05) is 18.2 Å². The van der Waals surface area contributed by atoms with E-state index < -0.39 is 0 Å². The molecule has 1 aliphatic rings. The summed E-state index contributed by atoms with van der Waals surface area (Å²) in [5.74, 6) is 0.382. The second-order valence-electron chi connectivity index (χ2n) is 5.69. The molecule has 110 valence electrons. The summed E-state index contributed by atoms with van der Waals surface area (Å²) in [5, 5.41) is 8.39. The molecule has 5 heteroatoms. The van der Waals surface area contributed by atoms with E-state index in [4.69, 9.17) is 0 Å². The molecule has 5 nitrogen and oxygen atoms in total. The first-order chi connectivity index (χ1) is 10.7. The number of hydrogen-bond acceptors (Lipinski definition) is 3. The van der Waals surface area contributed by atoms with Crippen molar-refractivity contribution in [3.63, 3.8) is 0 Å². The molecule has 1 saturated carbocycles. The number of fused-ring (bicyclic) bond motifs is 1. The van der Waals surface area contributed by atoms with E-state index in [0.29, 0.717) is 11.6 Å². The van der Waals surface area contributed by atoms with Gasteiger partial charge in [0.15, 0.2) is 0 Å². The minimum atomic E-state index is -0.153. The fourth-order valence-corrected chi connectivity index (χ4v) is 2.67. The van der Waals surface area contributed by atoms with Crippen LogP contribution in [0.5, 0.6) is 0 Å². The average molecular weight is 292 g/mol. The minimum absolute atomic E-state index is 0.153. The molecule has 1 aliphatic carbocycles. The third kappa shape index (κ3) is 2.24. The molecule has 3 aromatic rings. The van der Waals surface area contributed by atoms with E-state index in [2.05, 4.69) is 15.4 Å². The zero-order chi connectivity index (χ0) is 15.1. The molecule has 0 atom stereocenters. The number of carbonyl (C=O) groups excluding carboxylic acids is 1. The standard InChI is InChI=1S/C17H16N4O/c1-21-15(10-14(20-21)11-7-8-11)17(22)19-13-6-2-4-12-5-3-9-18-16(12)13/h2-6,9-11H,7-8H2,1H3,(H,19,22). The normalized spacial score (nSPS) is 14.2. The SMILES string of the molecule is Cn1nc(C2CC2)cc1C(=O)Nc1cccc2cccnc12. The minimum Gasteiger partial charge on any atom is -0.319 e. The molecule has 2 heterocycles. The number of benzene rings is 1. The van der Waals surface area contributed by atoms with Gasteiger partial charge in [-0.15, -0.1) is 0 Å². The molecule has 0 unspecified atom stereocenters. The number of nitrogens with zero attached hydrogens (tertiary/aromatic N) is 3. The van der Waals surface area contributed by atoms with Gasteiger partial charge >= 0.3 is 0 Å². The third-order valence-electron chi connectivity index (χ3n) is 4.01. The number of amides is 1. The maximum Gasteiger partial charge on any atom is 0.273 e. The maximum absolute atomic E-state index is 12.5. The summed E-state index contributed by atoms with van der Waals surface area (Å²) in [5.41, 5.74) is 3.11. The van der Waals surface area contributed by atoms with Crippen molar-refractivity contribution in [3.8, 4) is 0 Å². The lowest BCUT2D eigenvalue weighted by Gasteiger charge is -2.07. The Kier molecular flexibility index (Phi) is 2.92. The number of nitrogens with one attached hydrogen (secondary N) is 1. The molecule has 0 aliphatic heterocycles. The highest BCUT2D eigenvalue weighted by Gasteiger charge is 2.28. The van der Waals surface area contributed by atoms with E-state index in [-0.39, 0.29) is 5.91 Å². The number of rotatable bonds is 3. The number of anilines is 1. The van der Waals surface area contributed by atoms with Gasteiger partial charge in [-0.05, 0) is 31.0 Å². The fraction of sp³-hybridized carbons (Fsp3) is 0.235. The van der Waals surface area contributed by atoms with Crippen LogP contribution in [0.3, 0.4) is 0 Å². The summed E-state index contributed by atoms with van der Waals surface area (Å²) in [4.78, 5) is 16.9. The molecule has 4 rings (SSSR count). The Morgan fingerprint density at radius 1 is 1.27 bits per heavy atom. The van der Waals surface area contributed by atoms with Crippen molar-refractivity contribution in [1.82, 2.24) is 14.8 Å². The van der Waals surface area contributed by atoms with Crippen molar-refractivity contribution in [2.45, 2.75) is 18.8 Å². The number of carbonyl (C=O) groups is 1. The Morgan fingerprint density at radius 3 is 2.91 bits per heavy atom. The summed E-state index contributed by atoms with van der Waals surface area (Å²) in [7, 11) is 1.81. The second kappa shape index (κ2) is 4.94. The van der Waals surface area contributed by atoms with Crippen molar-refractivity contribution in [3.05, 3.63) is 54.0 Å². The van der Waals surface area contributed by atoms with Crippen molar-refractivity contribution in [1.29, 1.82) is 0 Å². The number of aryl methyl sites for hydroxylation is 1. The van der Waals surface area contributed by atoms with E-state index in [9.17, 15) is 4.79 Å². The fourth-order valence-electron chi connectivity index (χ4n) is 2.67. The van der Waals surface area contributed by atoms with Crippen LogP contribution in [-0.4, -0.2) is 20.7 Å². The molecule has 0 bridgehead atoms. The lowest BCUT2D eigenvalue weighted by atomic mass is 10.2. The Bertz CT molecular complexity index is 859. The van der Waals surface area contributed by atoms with Crippen LogP contribution in [0.1, 0.15) is 34.9 Å². The van der Waals surface area contributed by atoms with E-state index in [1.54, 1.807) is 10.9 Å². The summed E-state index contributed by atoms with van der Waals surface area (Å²) >= 11 is 0. The van der Waals surface area contributed by atoms with Crippen molar-refractivity contribution < 1.29 is 4.79 Å². The Morgan fingerprint density at radius 2 is 2.09 bits per heavy atom. The van der Waals surface area contributed by atoms with Crippen LogP contribution in [0.4, 0.5) is 5.69 Å². The molecule has 22 heavy (non-hydrogen) atoms. The second-order valence-corrected chi connectivity index (χ2v) is 5.69. The predicted molar refractivity (Wildman–Crippen MR) is 84.9 cm³/mol. The number of aromatic nitrogens is 3. The molecular formula is C17H16N4O. The van der Waals surface area contributed by atoms with Gasteiger partial charge < -0.3 is 5.32 Å². The third-order valence-corrected chi connectivity index (χ3v) is 4.01. The van der Waals surface area contributed by atoms with E-state index >= 15 is 0 Å². The molecule has 0 saturated heterocycles. The number of hydrogen-bond donors (Lipinski definition) is 1. The first-order valence-electron chi connectivity index (χ1n) is 7.41. The van der Waals surface area contributed by atoms with Crippen LogP contribution in [0.2, 0.25) is 0 Å². The summed E-state index contributed by atoms with van der Waals surface area (Å²) in [6.45, 7) is 0. The van der Waals surface area contributed by atoms with Crippen LogP contribution in [0.25, 0.3) is 10.9 Å². The Labute approximate surface area is 128 Å². The Hall–Kier alpha value is -2.69. The van der Waals surface area contributed by atoms with Gasteiger partial charge in [-0.2, -0.15) is 5.10 Å². The largest absolute Gasteiger partial charge is 0.319 e. The summed E-state index contributed by atoms with van der Waals surface area (Å²) < 4.78 is 1.65. The van der Waals surface area contributed by atoms with Gasteiger partial charge in [0.05, 0.1) is 16.9 Å². The van der Waals surface area contributed by atoms with Crippen LogP contribution >= 0.6 is 0 Å². The monoisotopic (exact) mass is 292 g/mol. The van der Waals surface area contributed by atoms with Crippen molar-refractivity contribution in [2.75, 3.05) is 5.32 Å². The zero-order valence-electron chi connectivity index (χ0n) is 12.3. The molecule has 2 aromatic heterocycles.